The van der Waals surface area contributed by atoms with E-state index in [1.165, 1.54) is 16.8 Å². The smallest absolute Gasteiger partial charge is 0.251 e. The second kappa shape index (κ2) is 6.89. The zero-order valence-corrected chi connectivity index (χ0v) is 14.1. The quantitative estimate of drug-likeness (QED) is 0.917. The molecule has 126 valence electrons. The first-order valence-electron chi connectivity index (χ1n) is 8.55. The highest BCUT2D eigenvalue weighted by Crippen LogP contribution is 2.25. The van der Waals surface area contributed by atoms with Gasteiger partial charge in [0.2, 0.25) is 0 Å². The number of benzene rings is 1. The zero-order chi connectivity index (χ0) is 16.4. The van der Waals surface area contributed by atoms with Gasteiger partial charge in [-0.3, -0.25) is 4.79 Å². The van der Waals surface area contributed by atoms with Gasteiger partial charge in [0.15, 0.2) is 0 Å². The Labute approximate surface area is 138 Å². The summed E-state index contributed by atoms with van der Waals surface area (Å²) in [6.45, 7) is 8.10. The van der Waals surface area contributed by atoms with E-state index in [2.05, 4.69) is 36.9 Å². The largest absolute Gasteiger partial charge is 0.368 e. The predicted octanol–water partition coefficient (Wildman–Crippen LogP) is 1.46. The molecule has 23 heavy (non-hydrogen) atoms. The summed E-state index contributed by atoms with van der Waals surface area (Å²) in [6, 6.07) is 6.42. The number of carbonyl (C=O) groups is 1. The summed E-state index contributed by atoms with van der Waals surface area (Å²) in [5.41, 5.74) is 9.56. The van der Waals surface area contributed by atoms with E-state index >= 15 is 0 Å². The SMILES string of the molecule is Cc1cccc(N2CCN(C(=O)[C@@H]3CC[C@H](CN)O3)CC2)c1C. The van der Waals surface area contributed by atoms with E-state index in [1.807, 2.05) is 4.90 Å². The molecule has 1 aromatic rings. The van der Waals surface area contributed by atoms with Gasteiger partial charge in [0, 0.05) is 38.4 Å². The summed E-state index contributed by atoms with van der Waals surface area (Å²) in [5.74, 6) is 0.140. The van der Waals surface area contributed by atoms with Crippen molar-refractivity contribution in [3.8, 4) is 0 Å². The van der Waals surface area contributed by atoms with Gasteiger partial charge in [-0.05, 0) is 43.9 Å². The van der Waals surface area contributed by atoms with E-state index in [9.17, 15) is 4.79 Å². The lowest BCUT2D eigenvalue weighted by Gasteiger charge is -2.37. The Morgan fingerprint density at radius 2 is 1.96 bits per heavy atom. The fourth-order valence-electron chi connectivity index (χ4n) is 3.51. The number of piperazine rings is 1. The molecule has 0 aliphatic carbocycles. The first-order valence-corrected chi connectivity index (χ1v) is 8.55. The number of rotatable bonds is 3. The first kappa shape index (κ1) is 16.3. The van der Waals surface area contributed by atoms with Crippen molar-refractivity contribution in [2.75, 3.05) is 37.6 Å². The molecule has 5 nitrogen and oxygen atoms in total. The third-order valence-electron chi connectivity index (χ3n) is 5.15. The monoisotopic (exact) mass is 317 g/mol. The fraction of sp³-hybridized carbons (Fsp3) is 0.611. The van der Waals surface area contributed by atoms with E-state index < -0.39 is 0 Å². The van der Waals surface area contributed by atoms with Crippen LogP contribution in [0.15, 0.2) is 18.2 Å². The number of nitrogens with two attached hydrogens (primary N) is 1. The van der Waals surface area contributed by atoms with Gasteiger partial charge in [-0.15, -0.1) is 0 Å². The number of hydrogen-bond donors (Lipinski definition) is 1. The number of anilines is 1. The third kappa shape index (κ3) is 3.35. The summed E-state index contributed by atoms with van der Waals surface area (Å²) >= 11 is 0. The second-order valence-electron chi connectivity index (χ2n) is 6.59. The minimum Gasteiger partial charge on any atom is -0.368 e. The van der Waals surface area contributed by atoms with E-state index in [0.29, 0.717) is 6.54 Å². The van der Waals surface area contributed by atoms with Gasteiger partial charge in [0.25, 0.3) is 5.91 Å². The van der Waals surface area contributed by atoms with Crippen LogP contribution in [0.1, 0.15) is 24.0 Å². The summed E-state index contributed by atoms with van der Waals surface area (Å²) in [4.78, 5) is 16.9. The van der Waals surface area contributed by atoms with Gasteiger partial charge < -0.3 is 20.3 Å². The van der Waals surface area contributed by atoms with Crippen molar-refractivity contribution in [1.82, 2.24) is 4.90 Å². The van der Waals surface area contributed by atoms with Gasteiger partial charge >= 0.3 is 0 Å². The summed E-state index contributed by atoms with van der Waals surface area (Å²) in [5, 5.41) is 0. The topological polar surface area (TPSA) is 58.8 Å². The predicted molar refractivity (Wildman–Crippen MR) is 91.7 cm³/mol. The van der Waals surface area contributed by atoms with Crippen LogP contribution in [0, 0.1) is 13.8 Å². The molecule has 0 saturated carbocycles. The van der Waals surface area contributed by atoms with E-state index in [-0.39, 0.29) is 18.1 Å². The molecule has 2 aliphatic rings. The molecular formula is C18H27N3O2. The number of ether oxygens (including phenoxy) is 1. The van der Waals surface area contributed by atoms with Crippen LogP contribution in [-0.2, 0) is 9.53 Å². The van der Waals surface area contributed by atoms with Crippen molar-refractivity contribution in [2.45, 2.75) is 38.9 Å². The second-order valence-corrected chi connectivity index (χ2v) is 6.59. The lowest BCUT2D eigenvalue weighted by molar-refractivity contribution is -0.143. The van der Waals surface area contributed by atoms with Gasteiger partial charge in [-0.1, -0.05) is 12.1 Å². The molecule has 0 spiro atoms. The van der Waals surface area contributed by atoms with Gasteiger partial charge in [-0.2, -0.15) is 0 Å². The van der Waals surface area contributed by atoms with E-state index in [0.717, 1.165) is 39.0 Å². The Kier molecular flexibility index (Phi) is 4.87. The number of nitrogens with zero attached hydrogens (tertiary/aromatic N) is 2. The molecule has 0 radical (unpaired) electrons. The molecule has 0 unspecified atom stereocenters. The summed E-state index contributed by atoms with van der Waals surface area (Å²) in [7, 11) is 0. The Balaban J connectivity index is 1.58. The van der Waals surface area contributed by atoms with Crippen molar-refractivity contribution in [1.29, 1.82) is 0 Å². The molecule has 2 fully saturated rings. The highest BCUT2D eigenvalue weighted by Gasteiger charge is 2.34. The van der Waals surface area contributed by atoms with Crippen LogP contribution in [0.2, 0.25) is 0 Å². The number of carbonyl (C=O) groups excluding carboxylic acids is 1. The number of amides is 1. The highest BCUT2D eigenvalue weighted by atomic mass is 16.5. The van der Waals surface area contributed by atoms with Gasteiger partial charge in [0.1, 0.15) is 6.10 Å². The highest BCUT2D eigenvalue weighted by molar-refractivity contribution is 5.81. The molecule has 2 aliphatic heterocycles. The Bertz CT molecular complexity index is 567. The average molecular weight is 317 g/mol. The van der Waals surface area contributed by atoms with Crippen LogP contribution in [-0.4, -0.2) is 55.7 Å². The summed E-state index contributed by atoms with van der Waals surface area (Å²) < 4.78 is 5.74. The zero-order valence-electron chi connectivity index (χ0n) is 14.1. The molecule has 2 saturated heterocycles. The molecule has 1 amide bonds. The van der Waals surface area contributed by atoms with Crippen LogP contribution in [0.4, 0.5) is 5.69 Å². The van der Waals surface area contributed by atoms with Crippen LogP contribution >= 0.6 is 0 Å². The molecular weight excluding hydrogens is 290 g/mol. The Morgan fingerprint density at radius 3 is 2.61 bits per heavy atom. The minimum atomic E-state index is -0.282. The van der Waals surface area contributed by atoms with Gasteiger partial charge in [0.05, 0.1) is 6.10 Å². The van der Waals surface area contributed by atoms with Crippen molar-refractivity contribution < 1.29 is 9.53 Å². The maximum absolute atomic E-state index is 12.6. The van der Waals surface area contributed by atoms with Crippen molar-refractivity contribution in [2.24, 2.45) is 5.73 Å². The Morgan fingerprint density at radius 1 is 1.22 bits per heavy atom. The first-order chi connectivity index (χ1) is 11.1. The van der Waals surface area contributed by atoms with Crippen LogP contribution in [0.25, 0.3) is 0 Å². The maximum atomic E-state index is 12.6. The lowest BCUT2D eigenvalue weighted by atomic mass is 10.1. The lowest BCUT2D eigenvalue weighted by Crippen LogP contribution is -2.51. The van der Waals surface area contributed by atoms with Crippen molar-refractivity contribution in [3.63, 3.8) is 0 Å². The molecule has 1 aromatic carbocycles. The summed E-state index contributed by atoms with van der Waals surface area (Å²) in [6.07, 6.45) is 1.48. The average Bonchev–Trinajstić information content (AvgIpc) is 3.06. The van der Waals surface area contributed by atoms with E-state index in [4.69, 9.17) is 10.5 Å². The molecule has 2 N–H and O–H groups in total. The standard InChI is InChI=1S/C18H27N3O2/c1-13-4-3-5-16(14(13)2)20-8-10-21(11-9-20)18(22)17-7-6-15(12-19)23-17/h3-5,15,17H,6-12,19H2,1-2H3/t15-,17+/m1/s1. The molecule has 5 heteroatoms. The van der Waals surface area contributed by atoms with Crippen LogP contribution < -0.4 is 10.6 Å². The van der Waals surface area contributed by atoms with Crippen LogP contribution in [0.5, 0.6) is 0 Å². The third-order valence-corrected chi connectivity index (χ3v) is 5.15. The molecule has 2 heterocycles. The van der Waals surface area contributed by atoms with Crippen molar-refractivity contribution in [3.05, 3.63) is 29.3 Å². The number of hydrogen-bond acceptors (Lipinski definition) is 4. The fourth-order valence-corrected chi connectivity index (χ4v) is 3.51. The van der Waals surface area contributed by atoms with Gasteiger partial charge in [-0.25, -0.2) is 0 Å². The molecule has 3 rings (SSSR count). The Hall–Kier alpha value is -1.59. The normalized spacial score (nSPS) is 25.0. The number of aryl methyl sites for hydroxylation is 1. The minimum absolute atomic E-state index is 0.0557. The van der Waals surface area contributed by atoms with E-state index in [1.54, 1.807) is 0 Å². The molecule has 0 aromatic heterocycles. The maximum Gasteiger partial charge on any atom is 0.251 e. The van der Waals surface area contributed by atoms with Crippen LogP contribution in [0.3, 0.4) is 0 Å². The van der Waals surface area contributed by atoms with Crippen molar-refractivity contribution >= 4 is 11.6 Å². The molecule has 0 bridgehead atoms. The molecule has 2 atom stereocenters.